The summed E-state index contributed by atoms with van der Waals surface area (Å²) < 4.78 is 44.4. The van der Waals surface area contributed by atoms with Gasteiger partial charge in [-0.3, -0.25) is 0 Å². The molecule has 0 bridgehead atoms. The van der Waals surface area contributed by atoms with Gasteiger partial charge >= 0.3 is 12.3 Å². The molecule has 0 spiro atoms. The third-order valence-electron chi connectivity index (χ3n) is 2.97. The van der Waals surface area contributed by atoms with E-state index in [0.29, 0.717) is 10.0 Å². The zero-order chi connectivity index (χ0) is 18.0. The molecule has 0 unspecified atom stereocenters. The van der Waals surface area contributed by atoms with Crippen LogP contribution in [0.15, 0.2) is 22.7 Å². The van der Waals surface area contributed by atoms with Gasteiger partial charge in [0, 0.05) is 10.5 Å². The summed E-state index contributed by atoms with van der Waals surface area (Å²) in [6, 6.07) is 3.17. The van der Waals surface area contributed by atoms with Crippen molar-refractivity contribution >= 4 is 22.0 Å². The van der Waals surface area contributed by atoms with Gasteiger partial charge in [0.2, 0.25) is 0 Å². The zero-order valence-electron chi connectivity index (χ0n) is 13.8. The van der Waals surface area contributed by atoms with Crippen LogP contribution in [0.1, 0.15) is 45.7 Å². The van der Waals surface area contributed by atoms with E-state index in [0.717, 1.165) is 12.1 Å². The number of rotatable bonds is 3. The summed E-state index contributed by atoms with van der Waals surface area (Å²) in [5.41, 5.74) is -1.04. The van der Waals surface area contributed by atoms with Crippen LogP contribution in [0.25, 0.3) is 0 Å². The molecule has 1 rings (SSSR count). The molecule has 0 radical (unpaired) electrons. The number of ether oxygens (including phenoxy) is 1. The summed E-state index contributed by atoms with van der Waals surface area (Å²) in [4.78, 5) is 13.7. The molecule has 0 aromatic heterocycles. The number of nitrogens with zero attached hydrogens (tertiary/aromatic N) is 1. The molecule has 1 amide bonds. The van der Waals surface area contributed by atoms with Crippen LogP contribution in [-0.2, 0) is 17.5 Å². The van der Waals surface area contributed by atoms with Gasteiger partial charge in [0.05, 0.1) is 12.1 Å². The molecule has 0 atom stereocenters. The number of carbonyl (C=O) groups is 1. The van der Waals surface area contributed by atoms with Crippen LogP contribution < -0.4 is 0 Å². The van der Waals surface area contributed by atoms with E-state index in [9.17, 15) is 18.0 Å². The highest BCUT2D eigenvalue weighted by Gasteiger charge is 2.31. The van der Waals surface area contributed by atoms with Crippen molar-refractivity contribution in [2.24, 2.45) is 0 Å². The van der Waals surface area contributed by atoms with Crippen molar-refractivity contribution in [1.82, 2.24) is 4.90 Å². The smallest absolute Gasteiger partial charge is 0.416 e. The Bertz CT molecular complexity index is 565. The van der Waals surface area contributed by atoms with Crippen molar-refractivity contribution in [1.29, 1.82) is 0 Å². The fraction of sp³-hybridized carbons (Fsp3) is 0.562. The van der Waals surface area contributed by atoms with E-state index in [2.05, 4.69) is 15.9 Å². The molecule has 0 aliphatic rings. The minimum Gasteiger partial charge on any atom is -0.444 e. The van der Waals surface area contributed by atoms with Gasteiger partial charge in [-0.15, -0.1) is 0 Å². The monoisotopic (exact) mass is 395 g/mol. The van der Waals surface area contributed by atoms with E-state index >= 15 is 0 Å². The number of carbonyl (C=O) groups excluding carboxylic acids is 1. The normalized spacial score (nSPS) is 12.4. The maximum absolute atomic E-state index is 12.9. The molecule has 0 heterocycles. The molecule has 0 aliphatic carbocycles. The van der Waals surface area contributed by atoms with E-state index in [4.69, 9.17) is 4.74 Å². The maximum Gasteiger partial charge on any atom is 0.416 e. The van der Waals surface area contributed by atoms with E-state index in [1.807, 2.05) is 0 Å². The summed E-state index contributed by atoms with van der Waals surface area (Å²) in [5, 5.41) is 0. The molecule has 0 aliphatic heterocycles. The topological polar surface area (TPSA) is 29.5 Å². The summed E-state index contributed by atoms with van der Waals surface area (Å²) in [7, 11) is 0. The first kappa shape index (κ1) is 19.8. The highest BCUT2D eigenvalue weighted by molar-refractivity contribution is 9.10. The lowest BCUT2D eigenvalue weighted by molar-refractivity contribution is -0.137. The Kier molecular flexibility index (Phi) is 6.12. The molecule has 0 fully saturated rings. The molecule has 23 heavy (non-hydrogen) atoms. The van der Waals surface area contributed by atoms with Gasteiger partial charge in [-0.25, -0.2) is 4.79 Å². The molecular formula is C16H21BrF3NO2. The van der Waals surface area contributed by atoms with Crippen LogP contribution in [0, 0.1) is 0 Å². The van der Waals surface area contributed by atoms with Crippen LogP contribution in [-0.4, -0.2) is 22.6 Å². The Morgan fingerprint density at radius 3 is 2.26 bits per heavy atom. The maximum atomic E-state index is 12.9. The molecule has 0 saturated heterocycles. The number of hydrogen-bond acceptors (Lipinski definition) is 2. The Labute approximate surface area is 142 Å². The largest absolute Gasteiger partial charge is 0.444 e. The van der Waals surface area contributed by atoms with Crippen LogP contribution in [0.3, 0.4) is 0 Å². The van der Waals surface area contributed by atoms with Gasteiger partial charge < -0.3 is 9.64 Å². The second-order valence-corrected chi connectivity index (χ2v) is 7.36. The Balaban J connectivity index is 3.08. The van der Waals surface area contributed by atoms with E-state index < -0.39 is 23.4 Å². The first-order valence-corrected chi connectivity index (χ1v) is 7.96. The average Bonchev–Trinajstić information content (AvgIpc) is 2.33. The van der Waals surface area contributed by atoms with Crippen LogP contribution in [0.2, 0.25) is 0 Å². The Hall–Kier alpha value is -1.24. The number of halogens is 4. The van der Waals surface area contributed by atoms with Crippen molar-refractivity contribution < 1.29 is 22.7 Å². The Morgan fingerprint density at radius 2 is 1.83 bits per heavy atom. The average molecular weight is 396 g/mol. The van der Waals surface area contributed by atoms with E-state index in [1.165, 1.54) is 11.0 Å². The molecule has 7 heteroatoms. The fourth-order valence-electron chi connectivity index (χ4n) is 1.83. The minimum absolute atomic E-state index is 0.0249. The van der Waals surface area contributed by atoms with Crippen molar-refractivity contribution in [3.63, 3.8) is 0 Å². The van der Waals surface area contributed by atoms with E-state index in [1.54, 1.807) is 34.6 Å². The molecule has 130 valence electrons. The summed E-state index contributed by atoms with van der Waals surface area (Å²) in [6.45, 7) is 8.81. The standard InChI is InChI=1S/C16H21BrF3NO2/c1-10(2)21(14(22)23-15(3,4)5)9-11-8-12(16(18,19)20)6-7-13(11)17/h6-8,10H,9H2,1-5H3. The molecule has 1 aromatic carbocycles. The number of benzene rings is 1. The minimum atomic E-state index is -4.43. The van der Waals surface area contributed by atoms with Crippen molar-refractivity contribution in [2.45, 2.75) is 59.0 Å². The van der Waals surface area contributed by atoms with Gasteiger partial charge in [0.15, 0.2) is 0 Å². The quantitative estimate of drug-likeness (QED) is 0.665. The summed E-state index contributed by atoms with van der Waals surface area (Å²) in [6.07, 6.45) is -4.99. The van der Waals surface area contributed by atoms with Crippen LogP contribution in [0.4, 0.5) is 18.0 Å². The highest BCUT2D eigenvalue weighted by atomic mass is 79.9. The van der Waals surface area contributed by atoms with Gasteiger partial charge in [-0.1, -0.05) is 15.9 Å². The second-order valence-electron chi connectivity index (χ2n) is 6.51. The van der Waals surface area contributed by atoms with Crippen molar-refractivity contribution in [3.8, 4) is 0 Å². The molecule has 1 aromatic rings. The predicted octanol–water partition coefficient (Wildman–Crippen LogP) is 5.61. The van der Waals surface area contributed by atoms with Gasteiger partial charge in [-0.2, -0.15) is 13.2 Å². The van der Waals surface area contributed by atoms with Crippen LogP contribution >= 0.6 is 15.9 Å². The predicted molar refractivity (Wildman–Crippen MR) is 86.1 cm³/mol. The lowest BCUT2D eigenvalue weighted by Crippen LogP contribution is -2.40. The summed E-state index contributed by atoms with van der Waals surface area (Å²) >= 11 is 3.24. The third-order valence-corrected chi connectivity index (χ3v) is 3.74. The highest BCUT2D eigenvalue weighted by Crippen LogP contribution is 2.32. The molecule has 3 nitrogen and oxygen atoms in total. The van der Waals surface area contributed by atoms with Crippen LogP contribution in [0.5, 0.6) is 0 Å². The second kappa shape index (κ2) is 7.11. The number of hydrogen-bond donors (Lipinski definition) is 0. The van der Waals surface area contributed by atoms with E-state index in [-0.39, 0.29) is 12.6 Å². The first-order chi connectivity index (χ1) is 10.3. The fourth-order valence-corrected chi connectivity index (χ4v) is 2.21. The molecule has 0 saturated carbocycles. The molecular weight excluding hydrogens is 375 g/mol. The van der Waals surface area contributed by atoms with Crippen molar-refractivity contribution in [3.05, 3.63) is 33.8 Å². The van der Waals surface area contributed by atoms with Gasteiger partial charge in [-0.05, 0) is 58.4 Å². The number of alkyl halides is 3. The van der Waals surface area contributed by atoms with Gasteiger partial charge in [0.1, 0.15) is 5.60 Å². The lowest BCUT2D eigenvalue weighted by atomic mass is 10.1. The van der Waals surface area contributed by atoms with Crippen molar-refractivity contribution in [2.75, 3.05) is 0 Å². The zero-order valence-corrected chi connectivity index (χ0v) is 15.4. The SMILES string of the molecule is CC(C)N(Cc1cc(C(F)(F)F)ccc1Br)C(=O)OC(C)(C)C. The first-order valence-electron chi connectivity index (χ1n) is 7.16. The summed E-state index contributed by atoms with van der Waals surface area (Å²) in [5.74, 6) is 0. The Morgan fingerprint density at radius 1 is 1.26 bits per heavy atom. The van der Waals surface area contributed by atoms with Gasteiger partial charge in [0.25, 0.3) is 0 Å². The lowest BCUT2D eigenvalue weighted by Gasteiger charge is -2.30. The molecule has 0 N–H and O–H groups in total. The third kappa shape index (κ3) is 6.05. The number of amides is 1.